The smallest absolute Gasteiger partial charge is 0.221 e. The fourth-order valence-electron chi connectivity index (χ4n) is 1.99. The van der Waals surface area contributed by atoms with Crippen LogP contribution < -0.4 is 10.1 Å². The van der Waals surface area contributed by atoms with Gasteiger partial charge in [0.15, 0.2) is 0 Å². The van der Waals surface area contributed by atoms with E-state index in [1.165, 1.54) is 26.2 Å². The van der Waals surface area contributed by atoms with Crippen LogP contribution in [-0.4, -0.2) is 12.5 Å². The second-order valence-corrected chi connectivity index (χ2v) is 4.90. The summed E-state index contributed by atoms with van der Waals surface area (Å²) in [5.41, 5.74) is 0.750. The maximum Gasteiger partial charge on any atom is 0.221 e. The third-order valence-corrected chi connectivity index (χ3v) is 3.22. The van der Waals surface area contributed by atoms with Gasteiger partial charge >= 0.3 is 0 Å². The van der Waals surface area contributed by atoms with Gasteiger partial charge in [0.25, 0.3) is 0 Å². The molecule has 0 saturated heterocycles. The van der Waals surface area contributed by atoms with E-state index >= 15 is 0 Å². The summed E-state index contributed by atoms with van der Waals surface area (Å²) in [6, 6.07) is 7.59. The Labute approximate surface area is 116 Å². The van der Waals surface area contributed by atoms with Crippen LogP contribution in [0.25, 0.3) is 0 Å². The predicted octanol–water partition coefficient (Wildman–Crippen LogP) is 4.24. The van der Waals surface area contributed by atoms with E-state index in [1.54, 1.807) is 0 Å². The Morgan fingerprint density at radius 2 is 2.05 bits per heavy atom. The minimum Gasteiger partial charge on any atom is -0.491 e. The zero-order chi connectivity index (χ0) is 14.1. The zero-order valence-corrected chi connectivity index (χ0v) is 12.2. The topological polar surface area (TPSA) is 38.3 Å². The Morgan fingerprint density at radius 3 is 2.68 bits per heavy atom. The Balaban J connectivity index is 2.58. The first-order chi connectivity index (χ1) is 9.17. The molecule has 1 atom stereocenters. The summed E-state index contributed by atoms with van der Waals surface area (Å²) in [5.74, 6) is 1.27. The quantitative estimate of drug-likeness (QED) is 0.761. The van der Waals surface area contributed by atoms with E-state index in [1.807, 2.05) is 24.3 Å². The first-order valence-electron chi connectivity index (χ1n) is 7.16. The highest BCUT2D eigenvalue weighted by atomic mass is 16.5. The summed E-state index contributed by atoms with van der Waals surface area (Å²) >= 11 is 0. The first-order valence-corrected chi connectivity index (χ1v) is 7.16. The van der Waals surface area contributed by atoms with Crippen LogP contribution in [0.2, 0.25) is 0 Å². The SMILES string of the molecule is CCCCC(CC)COc1ccccc1NC(C)=O. The summed E-state index contributed by atoms with van der Waals surface area (Å²) in [6.07, 6.45) is 4.80. The molecule has 0 heterocycles. The minimum atomic E-state index is -0.0749. The third kappa shape index (κ3) is 5.77. The van der Waals surface area contributed by atoms with E-state index in [2.05, 4.69) is 19.2 Å². The number of anilines is 1. The highest BCUT2D eigenvalue weighted by Crippen LogP contribution is 2.25. The highest BCUT2D eigenvalue weighted by Gasteiger charge is 2.09. The van der Waals surface area contributed by atoms with Gasteiger partial charge in [0.05, 0.1) is 12.3 Å². The van der Waals surface area contributed by atoms with Crippen LogP contribution in [0.4, 0.5) is 5.69 Å². The second kappa shape index (κ2) is 8.57. The molecule has 0 saturated carbocycles. The van der Waals surface area contributed by atoms with E-state index in [0.29, 0.717) is 12.5 Å². The molecule has 0 aromatic heterocycles. The van der Waals surface area contributed by atoms with Crippen molar-refractivity contribution in [1.82, 2.24) is 0 Å². The Kier molecular flexibility index (Phi) is 7.01. The molecule has 1 unspecified atom stereocenters. The number of hydrogen-bond acceptors (Lipinski definition) is 2. The van der Waals surface area contributed by atoms with Crippen LogP contribution in [0.5, 0.6) is 5.75 Å². The average molecular weight is 263 g/mol. The van der Waals surface area contributed by atoms with Crippen molar-refractivity contribution in [3.8, 4) is 5.75 Å². The number of carbonyl (C=O) groups excluding carboxylic acids is 1. The number of carbonyl (C=O) groups is 1. The van der Waals surface area contributed by atoms with Crippen LogP contribution >= 0.6 is 0 Å². The van der Waals surface area contributed by atoms with Crippen molar-refractivity contribution in [3.63, 3.8) is 0 Å². The van der Waals surface area contributed by atoms with E-state index in [-0.39, 0.29) is 5.91 Å². The lowest BCUT2D eigenvalue weighted by molar-refractivity contribution is -0.114. The molecule has 1 amide bonds. The van der Waals surface area contributed by atoms with Crippen LogP contribution in [0, 0.1) is 5.92 Å². The van der Waals surface area contributed by atoms with Crippen LogP contribution in [0.15, 0.2) is 24.3 Å². The number of amides is 1. The standard InChI is InChI=1S/C16H25NO2/c1-4-6-9-14(5-2)12-19-16-11-8-7-10-15(16)17-13(3)18/h7-8,10-11,14H,4-6,9,12H2,1-3H3,(H,17,18). The highest BCUT2D eigenvalue weighted by molar-refractivity contribution is 5.90. The molecule has 19 heavy (non-hydrogen) atoms. The lowest BCUT2D eigenvalue weighted by Crippen LogP contribution is -2.13. The molecule has 3 heteroatoms. The number of rotatable bonds is 8. The van der Waals surface area contributed by atoms with Gasteiger partial charge in [-0.1, -0.05) is 45.2 Å². The molecule has 0 aliphatic carbocycles. The number of unbranched alkanes of at least 4 members (excludes halogenated alkanes) is 1. The first kappa shape index (κ1) is 15.5. The third-order valence-electron chi connectivity index (χ3n) is 3.22. The largest absolute Gasteiger partial charge is 0.491 e. The molecule has 0 spiro atoms. The van der Waals surface area contributed by atoms with Gasteiger partial charge in [-0.05, 0) is 24.5 Å². The predicted molar refractivity (Wildman–Crippen MR) is 79.5 cm³/mol. The maximum absolute atomic E-state index is 11.1. The summed E-state index contributed by atoms with van der Waals surface area (Å²) in [5, 5.41) is 2.79. The molecular weight excluding hydrogens is 238 g/mol. The summed E-state index contributed by atoms with van der Waals surface area (Å²) < 4.78 is 5.87. The van der Waals surface area contributed by atoms with Gasteiger partial charge in [-0.3, -0.25) is 4.79 Å². The normalized spacial score (nSPS) is 11.9. The lowest BCUT2D eigenvalue weighted by atomic mass is 10.0. The van der Waals surface area contributed by atoms with Crippen molar-refractivity contribution in [2.45, 2.75) is 46.5 Å². The van der Waals surface area contributed by atoms with E-state index in [9.17, 15) is 4.79 Å². The molecule has 1 aromatic rings. The second-order valence-electron chi connectivity index (χ2n) is 4.90. The van der Waals surface area contributed by atoms with Gasteiger partial charge in [-0.2, -0.15) is 0 Å². The number of hydrogen-bond donors (Lipinski definition) is 1. The molecular formula is C16H25NO2. The van der Waals surface area contributed by atoms with E-state index in [0.717, 1.165) is 17.9 Å². The maximum atomic E-state index is 11.1. The van der Waals surface area contributed by atoms with Crippen molar-refractivity contribution in [2.75, 3.05) is 11.9 Å². The molecule has 3 nitrogen and oxygen atoms in total. The molecule has 0 bridgehead atoms. The van der Waals surface area contributed by atoms with Gasteiger partial charge in [0.1, 0.15) is 5.75 Å². The summed E-state index contributed by atoms with van der Waals surface area (Å²) in [7, 11) is 0. The minimum absolute atomic E-state index is 0.0749. The molecule has 1 N–H and O–H groups in total. The van der Waals surface area contributed by atoms with Gasteiger partial charge in [-0.15, -0.1) is 0 Å². The van der Waals surface area contributed by atoms with Gasteiger partial charge < -0.3 is 10.1 Å². The fraction of sp³-hybridized carbons (Fsp3) is 0.562. The summed E-state index contributed by atoms with van der Waals surface area (Å²) in [4.78, 5) is 11.1. The number of para-hydroxylation sites is 2. The molecule has 1 rings (SSSR count). The van der Waals surface area contributed by atoms with Gasteiger partial charge in [0, 0.05) is 6.92 Å². The monoisotopic (exact) mass is 263 g/mol. The van der Waals surface area contributed by atoms with Crippen LogP contribution in [-0.2, 0) is 4.79 Å². The molecule has 0 aliphatic rings. The van der Waals surface area contributed by atoms with Crippen LogP contribution in [0.3, 0.4) is 0 Å². The van der Waals surface area contributed by atoms with Crippen molar-refractivity contribution < 1.29 is 9.53 Å². The number of nitrogens with one attached hydrogen (secondary N) is 1. The van der Waals surface area contributed by atoms with Crippen LogP contribution in [0.1, 0.15) is 46.5 Å². The number of benzene rings is 1. The molecule has 106 valence electrons. The van der Waals surface area contributed by atoms with Crippen molar-refractivity contribution in [2.24, 2.45) is 5.92 Å². The molecule has 1 aromatic carbocycles. The Morgan fingerprint density at radius 1 is 1.32 bits per heavy atom. The van der Waals surface area contributed by atoms with Crippen molar-refractivity contribution in [1.29, 1.82) is 0 Å². The fourth-order valence-corrected chi connectivity index (χ4v) is 1.99. The van der Waals surface area contributed by atoms with E-state index < -0.39 is 0 Å². The molecule has 0 aliphatic heterocycles. The Bertz CT molecular complexity index is 390. The Hall–Kier alpha value is -1.51. The lowest BCUT2D eigenvalue weighted by Gasteiger charge is -2.17. The molecule has 0 fully saturated rings. The van der Waals surface area contributed by atoms with Crippen molar-refractivity contribution >= 4 is 11.6 Å². The number of ether oxygens (including phenoxy) is 1. The molecule has 0 radical (unpaired) electrons. The summed E-state index contributed by atoms with van der Waals surface area (Å²) in [6.45, 7) is 6.63. The van der Waals surface area contributed by atoms with Crippen molar-refractivity contribution in [3.05, 3.63) is 24.3 Å². The van der Waals surface area contributed by atoms with Gasteiger partial charge in [-0.25, -0.2) is 0 Å². The van der Waals surface area contributed by atoms with Gasteiger partial charge in [0.2, 0.25) is 5.91 Å². The van der Waals surface area contributed by atoms with E-state index in [4.69, 9.17) is 4.74 Å². The zero-order valence-electron chi connectivity index (χ0n) is 12.2. The average Bonchev–Trinajstić information content (AvgIpc) is 2.40.